The van der Waals surface area contributed by atoms with Gasteiger partial charge in [0.2, 0.25) is 0 Å². The molecular weight excluding hydrogens is 440 g/mol. The van der Waals surface area contributed by atoms with Gasteiger partial charge in [-0.3, -0.25) is 9.59 Å². The van der Waals surface area contributed by atoms with Crippen LogP contribution in [-0.4, -0.2) is 56.9 Å². The number of aromatic nitrogens is 1. The quantitative estimate of drug-likeness (QED) is 0.525. The number of hydrogen-bond acceptors (Lipinski definition) is 8. The third kappa shape index (κ3) is 5.80. The summed E-state index contributed by atoms with van der Waals surface area (Å²) in [5.41, 5.74) is 0.516. The van der Waals surface area contributed by atoms with Crippen molar-refractivity contribution in [3.63, 3.8) is 0 Å². The topological polar surface area (TPSA) is 98.8 Å². The molecule has 30 heavy (non-hydrogen) atoms. The summed E-state index contributed by atoms with van der Waals surface area (Å²) in [4.78, 5) is 28.7. The predicted octanol–water partition coefficient (Wildman–Crippen LogP) is 3.03. The van der Waals surface area contributed by atoms with Crippen LogP contribution in [0.4, 0.5) is 13.8 Å². The summed E-state index contributed by atoms with van der Waals surface area (Å²) in [6, 6.07) is 5.10. The number of halogens is 2. The number of nitrogens with one attached hydrogen (secondary N) is 2. The Morgan fingerprint density at radius 2 is 1.97 bits per heavy atom. The van der Waals surface area contributed by atoms with E-state index in [0.717, 1.165) is 18.4 Å². The van der Waals surface area contributed by atoms with Gasteiger partial charge < -0.3 is 24.8 Å². The molecule has 164 valence electrons. The molecule has 0 fully saturated rings. The highest BCUT2D eigenvalue weighted by Gasteiger charge is 2.40. The summed E-state index contributed by atoms with van der Waals surface area (Å²) in [5, 5.41) is 4.66. The first-order valence-corrected chi connectivity index (χ1v) is 10.5. The summed E-state index contributed by atoms with van der Waals surface area (Å²) < 4.78 is 42.7. The van der Waals surface area contributed by atoms with Gasteiger partial charge in [-0.25, -0.2) is 4.98 Å². The van der Waals surface area contributed by atoms with E-state index in [0.29, 0.717) is 21.4 Å². The molecule has 2 amide bonds. The number of ether oxygens (including phenoxy) is 3. The van der Waals surface area contributed by atoms with Crippen LogP contribution in [0.15, 0.2) is 22.5 Å². The molecule has 1 aromatic heterocycles. The number of amides is 2. The largest absolute Gasteiger partial charge is 0.497 e. The van der Waals surface area contributed by atoms with Gasteiger partial charge in [-0.2, -0.15) is 8.78 Å². The third-order valence-corrected chi connectivity index (χ3v) is 5.77. The van der Waals surface area contributed by atoms with Crippen molar-refractivity contribution in [2.24, 2.45) is 0 Å². The van der Waals surface area contributed by atoms with Crippen molar-refractivity contribution in [3.05, 3.63) is 29.5 Å². The second-order valence-corrected chi connectivity index (χ2v) is 7.87. The summed E-state index contributed by atoms with van der Waals surface area (Å²) in [6.07, 6.45) is 1.72. The first-order chi connectivity index (χ1) is 14.2. The van der Waals surface area contributed by atoms with Gasteiger partial charge in [0.05, 0.1) is 14.2 Å². The highest BCUT2D eigenvalue weighted by atomic mass is 32.2. The molecule has 2 N–H and O–H groups in total. The number of rotatable bonds is 10. The van der Waals surface area contributed by atoms with Crippen molar-refractivity contribution in [1.82, 2.24) is 10.3 Å². The third-order valence-electron chi connectivity index (χ3n) is 3.82. The maximum atomic E-state index is 13.8. The van der Waals surface area contributed by atoms with Crippen LogP contribution >= 0.6 is 23.1 Å². The molecule has 0 radical (unpaired) electrons. The minimum absolute atomic E-state index is 0.0701. The molecule has 0 aliphatic carbocycles. The lowest BCUT2D eigenvalue weighted by atomic mass is 10.2. The second-order valence-electron chi connectivity index (χ2n) is 5.81. The summed E-state index contributed by atoms with van der Waals surface area (Å²) in [7, 11) is 4.07. The van der Waals surface area contributed by atoms with E-state index in [4.69, 9.17) is 9.47 Å². The highest BCUT2D eigenvalue weighted by Crippen LogP contribution is 2.32. The van der Waals surface area contributed by atoms with Crippen LogP contribution in [0.2, 0.25) is 0 Å². The van der Waals surface area contributed by atoms with E-state index in [2.05, 4.69) is 20.4 Å². The van der Waals surface area contributed by atoms with Gasteiger partial charge in [-0.15, -0.1) is 0 Å². The Kier molecular flexibility index (Phi) is 8.38. The lowest BCUT2D eigenvalue weighted by Crippen LogP contribution is -2.38. The van der Waals surface area contributed by atoms with E-state index in [9.17, 15) is 18.4 Å². The van der Waals surface area contributed by atoms with E-state index < -0.39 is 24.3 Å². The lowest BCUT2D eigenvalue weighted by molar-refractivity contribution is -0.146. The molecule has 0 saturated carbocycles. The Hall–Kier alpha value is -2.44. The molecular formula is C18H21F2N3O5S2. The van der Waals surface area contributed by atoms with Gasteiger partial charge >= 0.3 is 5.92 Å². The molecule has 0 spiro atoms. The van der Waals surface area contributed by atoms with E-state index in [1.165, 1.54) is 26.0 Å². The predicted molar refractivity (Wildman–Crippen MR) is 110 cm³/mol. The summed E-state index contributed by atoms with van der Waals surface area (Å²) >= 11 is 2.15. The van der Waals surface area contributed by atoms with Gasteiger partial charge in [-0.1, -0.05) is 23.1 Å². The molecule has 8 nitrogen and oxygen atoms in total. The van der Waals surface area contributed by atoms with Gasteiger partial charge in [0, 0.05) is 25.3 Å². The minimum Gasteiger partial charge on any atom is -0.497 e. The fourth-order valence-corrected chi connectivity index (χ4v) is 3.78. The van der Waals surface area contributed by atoms with E-state index in [1.54, 1.807) is 24.5 Å². The molecule has 2 rings (SSSR count). The Labute approximate surface area is 180 Å². The molecule has 0 unspecified atom stereocenters. The minimum atomic E-state index is -3.75. The van der Waals surface area contributed by atoms with Gasteiger partial charge in [0.15, 0.2) is 10.0 Å². The number of hydrogen-bond donors (Lipinski definition) is 2. The number of thioether (sulfide) groups is 1. The Balaban J connectivity index is 2.18. The smallest absolute Gasteiger partial charge is 0.347 e. The molecule has 12 heteroatoms. The van der Waals surface area contributed by atoms with Crippen LogP contribution in [-0.2, 0) is 16.1 Å². The van der Waals surface area contributed by atoms with E-state index in [-0.39, 0.29) is 17.2 Å². The number of carbonyl (C=O) groups is 2. The van der Waals surface area contributed by atoms with Gasteiger partial charge in [-0.05, 0) is 18.4 Å². The van der Waals surface area contributed by atoms with Crippen LogP contribution in [0, 0.1) is 0 Å². The highest BCUT2D eigenvalue weighted by molar-refractivity contribution is 8.00. The van der Waals surface area contributed by atoms with Crippen molar-refractivity contribution < 1.29 is 32.6 Å². The first kappa shape index (κ1) is 23.8. The zero-order chi connectivity index (χ0) is 22.3. The molecule has 0 saturated heterocycles. The standard InChI is InChI=1S/C18H21F2N3O5S2/c1-26-9-18(19,20)16(25)23-15-13(22-17(29-4)30-15)14(24)21-8-10-5-6-11(27-2)7-12(10)28-3/h5-7H,8-9H2,1-4H3,(H,21,24)(H,23,25). The Morgan fingerprint density at radius 3 is 2.57 bits per heavy atom. The lowest BCUT2D eigenvalue weighted by Gasteiger charge is -2.14. The molecule has 1 aromatic carbocycles. The molecule has 0 aliphatic rings. The maximum Gasteiger partial charge on any atom is 0.347 e. The van der Waals surface area contributed by atoms with Crippen LogP contribution in [0.5, 0.6) is 11.5 Å². The number of alkyl halides is 2. The summed E-state index contributed by atoms with van der Waals surface area (Å²) in [5.74, 6) is -4.86. The fourth-order valence-electron chi connectivity index (χ4n) is 2.32. The van der Waals surface area contributed by atoms with Crippen molar-refractivity contribution >= 4 is 39.9 Å². The van der Waals surface area contributed by atoms with E-state index in [1.807, 2.05) is 0 Å². The number of benzene rings is 1. The molecule has 0 aliphatic heterocycles. The number of anilines is 1. The van der Waals surface area contributed by atoms with Crippen LogP contribution in [0.3, 0.4) is 0 Å². The van der Waals surface area contributed by atoms with E-state index >= 15 is 0 Å². The summed E-state index contributed by atoms with van der Waals surface area (Å²) in [6.45, 7) is -0.989. The number of methoxy groups -OCH3 is 3. The van der Waals surface area contributed by atoms with Crippen LogP contribution in [0.25, 0.3) is 0 Å². The Bertz CT molecular complexity index is 908. The fraction of sp³-hybridized carbons (Fsp3) is 0.389. The van der Waals surface area contributed by atoms with Gasteiger partial charge in [0.1, 0.15) is 23.1 Å². The van der Waals surface area contributed by atoms with Crippen molar-refractivity contribution in [2.45, 2.75) is 16.8 Å². The van der Waals surface area contributed by atoms with Gasteiger partial charge in [0.25, 0.3) is 11.8 Å². The second kappa shape index (κ2) is 10.5. The zero-order valence-electron chi connectivity index (χ0n) is 16.7. The average molecular weight is 462 g/mol. The number of carbonyl (C=O) groups excluding carboxylic acids is 2. The number of thiazole rings is 1. The molecule has 0 atom stereocenters. The normalized spacial score (nSPS) is 11.1. The maximum absolute atomic E-state index is 13.8. The SMILES string of the molecule is COCC(F)(F)C(=O)Nc1sc(SC)nc1C(=O)NCc1ccc(OC)cc1OC. The van der Waals surface area contributed by atoms with Crippen molar-refractivity contribution in [2.75, 3.05) is 39.5 Å². The molecule has 0 bridgehead atoms. The Morgan fingerprint density at radius 1 is 1.23 bits per heavy atom. The van der Waals surface area contributed by atoms with Crippen molar-refractivity contribution in [3.8, 4) is 11.5 Å². The average Bonchev–Trinajstić information content (AvgIpc) is 3.14. The molecule has 2 aromatic rings. The number of nitrogens with zero attached hydrogens (tertiary/aromatic N) is 1. The van der Waals surface area contributed by atoms with Crippen LogP contribution < -0.4 is 20.1 Å². The molecule has 1 heterocycles. The monoisotopic (exact) mass is 461 g/mol. The van der Waals surface area contributed by atoms with Crippen LogP contribution in [0.1, 0.15) is 16.1 Å². The first-order valence-electron chi connectivity index (χ1n) is 8.47. The van der Waals surface area contributed by atoms with Crippen molar-refractivity contribution in [1.29, 1.82) is 0 Å². The zero-order valence-corrected chi connectivity index (χ0v) is 18.3.